The Morgan fingerprint density at radius 3 is 3.20 bits per heavy atom. The number of rotatable bonds is 6. The van der Waals surface area contributed by atoms with Crippen molar-refractivity contribution in [2.24, 2.45) is 0 Å². The zero-order valence-electron chi connectivity index (χ0n) is 11.0. The Hall–Kier alpha value is -1.55. The minimum absolute atomic E-state index is 0.0660. The number of hydrogen-bond acceptors (Lipinski definition) is 7. The molecule has 4 N–H and O–H groups in total. The number of piperidine rings is 1. The molecule has 0 aromatic carbocycles. The molecule has 1 fully saturated rings. The van der Waals surface area contributed by atoms with Crippen LogP contribution in [0.1, 0.15) is 6.42 Å². The van der Waals surface area contributed by atoms with Crippen LogP contribution in [0.4, 0.5) is 5.95 Å². The molecule has 20 heavy (non-hydrogen) atoms. The van der Waals surface area contributed by atoms with E-state index in [1.165, 1.54) is 17.0 Å². The largest absolute Gasteiger partial charge is 0.434 e. The molecule has 2 heterocycles. The number of nitrogens with zero attached hydrogens (tertiary/aromatic N) is 3. The zero-order chi connectivity index (χ0) is 14.5. The van der Waals surface area contributed by atoms with Crippen LogP contribution >= 0.6 is 0 Å². The predicted molar refractivity (Wildman–Crippen MR) is 70.2 cm³/mol. The normalized spacial score (nSPS) is 24.5. The van der Waals surface area contributed by atoms with Crippen molar-refractivity contribution in [3.63, 3.8) is 0 Å². The van der Waals surface area contributed by atoms with Crippen molar-refractivity contribution in [1.29, 1.82) is 0 Å². The number of hydrogen-bond donors (Lipinski definition) is 4. The van der Waals surface area contributed by atoms with Gasteiger partial charge in [0.1, 0.15) is 12.4 Å². The maximum Gasteiger partial charge on any atom is 0.434 e. The third-order valence-electron chi connectivity index (χ3n) is 3.33. The van der Waals surface area contributed by atoms with E-state index in [9.17, 15) is 20.3 Å². The Labute approximate surface area is 115 Å². The van der Waals surface area contributed by atoms with Crippen LogP contribution in [0.5, 0.6) is 0 Å². The lowest BCUT2D eigenvalue weighted by Gasteiger charge is -2.29. The summed E-state index contributed by atoms with van der Waals surface area (Å²) in [4.78, 5) is 13.7. The van der Waals surface area contributed by atoms with Crippen molar-refractivity contribution in [3.05, 3.63) is 22.5 Å². The maximum absolute atomic E-state index is 10.7. The Kier molecular flexibility index (Phi) is 5.01. The first-order valence-corrected chi connectivity index (χ1v) is 6.53. The maximum atomic E-state index is 10.7. The van der Waals surface area contributed by atoms with Crippen LogP contribution in [0.25, 0.3) is 0 Å². The number of β-amino-alcohol motifs (C(OH)–C–C–N with tert-alkyl or cyclic N) is 1. The molecule has 2 rings (SSSR count). The fraction of sp³-hybridized carbons (Fsp3) is 0.727. The van der Waals surface area contributed by atoms with Crippen LogP contribution in [0, 0.1) is 10.1 Å². The van der Waals surface area contributed by atoms with Crippen LogP contribution in [-0.2, 0) is 6.54 Å². The molecule has 0 spiro atoms. The van der Waals surface area contributed by atoms with Crippen molar-refractivity contribution in [1.82, 2.24) is 20.2 Å². The molecule has 1 aliphatic heterocycles. The van der Waals surface area contributed by atoms with Crippen molar-refractivity contribution < 1.29 is 15.1 Å². The average molecular weight is 285 g/mol. The van der Waals surface area contributed by atoms with E-state index >= 15 is 0 Å². The molecule has 112 valence electrons. The van der Waals surface area contributed by atoms with Crippen LogP contribution in [0.3, 0.4) is 0 Å². The molecule has 0 radical (unpaired) electrons. The van der Waals surface area contributed by atoms with E-state index in [1.54, 1.807) is 0 Å². The van der Waals surface area contributed by atoms with Gasteiger partial charge in [0.2, 0.25) is 0 Å². The third-order valence-corrected chi connectivity index (χ3v) is 3.33. The highest BCUT2D eigenvalue weighted by Crippen LogP contribution is 2.09. The number of nitrogens with one attached hydrogen (secondary N) is 2. The second-order valence-corrected chi connectivity index (χ2v) is 4.87. The lowest BCUT2D eigenvalue weighted by Crippen LogP contribution is -2.52. The van der Waals surface area contributed by atoms with Crippen molar-refractivity contribution in [2.45, 2.75) is 31.2 Å². The molecule has 1 aliphatic rings. The van der Waals surface area contributed by atoms with Crippen LogP contribution in [0.15, 0.2) is 12.4 Å². The molecule has 1 aromatic rings. The molecule has 0 aliphatic carbocycles. The molecule has 1 saturated heterocycles. The Morgan fingerprint density at radius 2 is 2.50 bits per heavy atom. The van der Waals surface area contributed by atoms with Crippen LogP contribution in [-0.4, -0.2) is 62.6 Å². The molecule has 0 amide bonds. The molecule has 9 nitrogen and oxygen atoms in total. The highest BCUT2D eigenvalue weighted by Gasteiger charge is 2.24. The molecule has 0 saturated carbocycles. The van der Waals surface area contributed by atoms with Crippen LogP contribution in [0.2, 0.25) is 0 Å². The van der Waals surface area contributed by atoms with Gasteiger partial charge in [0, 0.05) is 19.1 Å². The smallest absolute Gasteiger partial charge is 0.390 e. The first-order valence-electron chi connectivity index (χ1n) is 6.53. The van der Waals surface area contributed by atoms with E-state index in [1.807, 2.05) is 0 Å². The fourth-order valence-corrected chi connectivity index (χ4v) is 2.28. The Morgan fingerprint density at radius 1 is 1.70 bits per heavy atom. The number of aromatic nitrogens is 2. The molecule has 3 atom stereocenters. The van der Waals surface area contributed by atoms with E-state index in [2.05, 4.69) is 15.6 Å². The third kappa shape index (κ3) is 3.73. The first kappa shape index (κ1) is 14.9. The standard InChI is InChI=1S/C11H19N5O4/c17-8(5-14-9-1-2-12-6-10(9)18)7-15-4-3-13-11(15)16(19)20/h3-4,8-10,12,14,17-18H,1-2,5-7H2. The average Bonchev–Trinajstić information content (AvgIpc) is 2.86. The van der Waals surface area contributed by atoms with Crippen molar-refractivity contribution >= 4 is 5.95 Å². The summed E-state index contributed by atoms with van der Waals surface area (Å²) in [7, 11) is 0. The second kappa shape index (κ2) is 6.75. The summed E-state index contributed by atoms with van der Waals surface area (Å²) in [5.74, 6) is -0.286. The molecule has 9 heteroatoms. The summed E-state index contributed by atoms with van der Waals surface area (Å²) in [5, 5.41) is 36.5. The lowest BCUT2D eigenvalue weighted by atomic mass is 10.0. The van der Waals surface area contributed by atoms with Gasteiger partial charge < -0.3 is 31.0 Å². The highest BCUT2D eigenvalue weighted by molar-refractivity contribution is 5.06. The molecule has 0 bridgehead atoms. The number of nitro groups is 1. The molecular formula is C11H19N5O4. The second-order valence-electron chi connectivity index (χ2n) is 4.87. The number of imidazole rings is 1. The van der Waals surface area contributed by atoms with Crippen molar-refractivity contribution in [3.8, 4) is 0 Å². The summed E-state index contributed by atoms with van der Waals surface area (Å²) in [6.45, 7) is 1.69. The van der Waals surface area contributed by atoms with Gasteiger partial charge in [-0.1, -0.05) is 4.98 Å². The van der Waals surface area contributed by atoms with Gasteiger partial charge in [0.25, 0.3) is 0 Å². The number of aliphatic hydroxyl groups excluding tert-OH is 2. The van der Waals surface area contributed by atoms with Crippen molar-refractivity contribution in [2.75, 3.05) is 19.6 Å². The van der Waals surface area contributed by atoms with Gasteiger partial charge in [-0.2, -0.15) is 0 Å². The van der Waals surface area contributed by atoms with Gasteiger partial charge in [-0.15, -0.1) is 0 Å². The highest BCUT2D eigenvalue weighted by atomic mass is 16.6. The SMILES string of the molecule is O=[N+]([O-])c1nccn1CC(O)CNC1CCNCC1O. The van der Waals surface area contributed by atoms with Gasteiger partial charge in [0.15, 0.2) is 0 Å². The van der Waals surface area contributed by atoms with Crippen LogP contribution < -0.4 is 10.6 Å². The predicted octanol–water partition coefficient (Wildman–Crippen LogP) is -1.54. The molecule has 1 aromatic heterocycles. The summed E-state index contributed by atoms with van der Waals surface area (Å²) in [5.41, 5.74) is 0. The van der Waals surface area contributed by atoms with Gasteiger partial charge in [-0.05, 0) is 17.9 Å². The van der Waals surface area contributed by atoms with E-state index in [-0.39, 0.29) is 25.1 Å². The van der Waals surface area contributed by atoms with E-state index in [4.69, 9.17) is 0 Å². The quantitative estimate of drug-likeness (QED) is 0.369. The van der Waals surface area contributed by atoms with E-state index in [0.717, 1.165) is 13.0 Å². The Balaban J connectivity index is 1.81. The summed E-state index contributed by atoms with van der Waals surface area (Å²) in [6, 6.07) is -0.0660. The number of aliphatic hydroxyl groups is 2. The monoisotopic (exact) mass is 285 g/mol. The molecule has 3 unspecified atom stereocenters. The van der Waals surface area contributed by atoms with Gasteiger partial charge in [-0.3, -0.25) is 0 Å². The van der Waals surface area contributed by atoms with E-state index < -0.39 is 17.1 Å². The molecular weight excluding hydrogens is 266 g/mol. The topological polar surface area (TPSA) is 125 Å². The fourth-order valence-electron chi connectivity index (χ4n) is 2.28. The summed E-state index contributed by atoms with van der Waals surface area (Å²) in [6.07, 6.45) is 2.29. The first-order chi connectivity index (χ1) is 9.58. The lowest BCUT2D eigenvalue weighted by molar-refractivity contribution is -0.397. The van der Waals surface area contributed by atoms with Gasteiger partial charge in [-0.25, -0.2) is 4.57 Å². The van der Waals surface area contributed by atoms with Gasteiger partial charge >= 0.3 is 5.95 Å². The zero-order valence-corrected chi connectivity index (χ0v) is 11.0. The summed E-state index contributed by atoms with van der Waals surface area (Å²) < 4.78 is 1.30. The van der Waals surface area contributed by atoms with Gasteiger partial charge in [0.05, 0.1) is 18.8 Å². The minimum Gasteiger partial charge on any atom is -0.390 e. The summed E-state index contributed by atoms with van der Waals surface area (Å²) >= 11 is 0. The van der Waals surface area contributed by atoms with E-state index in [0.29, 0.717) is 6.54 Å². The Bertz CT molecular complexity index is 452. The minimum atomic E-state index is -0.787.